The van der Waals surface area contributed by atoms with Gasteiger partial charge in [0, 0.05) is 13.0 Å². The first kappa shape index (κ1) is 25.0. The largest absolute Gasteiger partial charge is 0.503 e. The summed E-state index contributed by atoms with van der Waals surface area (Å²) in [5, 5.41) is 10.4. The van der Waals surface area contributed by atoms with Gasteiger partial charge in [0.15, 0.2) is 21.2 Å². The zero-order valence-electron chi connectivity index (χ0n) is 19.0. The highest BCUT2D eigenvalue weighted by Gasteiger charge is 2.76. The first-order chi connectivity index (χ1) is 16.8. The number of phenols is 1. The number of alkyl halides is 2. The monoisotopic (exact) mass is 599 g/mol. The predicted octanol–water partition coefficient (Wildman–Crippen LogP) is 2.23. The average Bonchev–Trinajstić information content (AvgIpc) is 3.16. The number of fused-ring (bicyclic) bond motifs is 4. The normalized spacial score (nSPS) is 35.4. The van der Waals surface area contributed by atoms with Crippen LogP contribution in [-0.4, -0.2) is 68.5 Å². The maximum atomic E-state index is 13.5. The first-order valence-corrected chi connectivity index (χ1v) is 12.5. The lowest BCUT2D eigenvalue weighted by Gasteiger charge is -2.50. The summed E-state index contributed by atoms with van der Waals surface area (Å²) in [7, 11) is 2.63. The second kappa shape index (κ2) is 7.93. The number of carbonyl (C=O) groups excluding carboxylic acids is 5. The van der Waals surface area contributed by atoms with Gasteiger partial charge in [-0.3, -0.25) is 24.1 Å². The maximum Gasteiger partial charge on any atom is 0.328 e. The molecule has 1 saturated carbocycles. The van der Waals surface area contributed by atoms with Crippen molar-refractivity contribution in [2.75, 3.05) is 14.2 Å². The first-order valence-electron chi connectivity index (χ1n) is 10.9. The van der Waals surface area contributed by atoms with Crippen LogP contribution in [0.3, 0.4) is 0 Å². The van der Waals surface area contributed by atoms with Gasteiger partial charge in [-0.2, -0.15) is 4.90 Å². The Balaban J connectivity index is 1.76. The van der Waals surface area contributed by atoms with Gasteiger partial charge in [-0.1, -0.05) is 11.6 Å². The number of methoxy groups -OCH3 is 1. The lowest BCUT2D eigenvalue weighted by molar-refractivity contribution is -0.139. The molecule has 0 unspecified atom stereocenters. The minimum absolute atomic E-state index is 0.0772. The lowest BCUT2D eigenvalue weighted by atomic mass is 9.56. The number of ether oxygens (including phenoxy) is 1. The third-order valence-electron chi connectivity index (χ3n) is 7.84. The van der Waals surface area contributed by atoms with Gasteiger partial charge in [0.25, 0.3) is 11.8 Å². The Kier molecular flexibility index (Phi) is 5.52. The van der Waals surface area contributed by atoms with Crippen molar-refractivity contribution in [1.29, 1.82) is 0 Å². The molecule has 0 spiro atoms. The highest BCUT2D eigenvalue weighted by atomic mass is 79.9. The summed E-state index contributed by atoms with van der Waals surface area (Å²) in [5.41, 5.74) is 6.23. The van der Waals surface area contributed by atoms with Crippen LogP contribution in [0.5, 0.6) is 11.5 Å². The molecule has 2 saturated heterocycles. The van der Waals surface area contributed by atoms with Crippen LogP contribution in [0.25, 0.3) is 0 Å². The SMILES string of the molecule is COc1cc([C@H]2C3=CC[C@@H]4C(=O)N(C(N)=O)C(=O)[C@@H]4[C@@H]3C[C@@]3(Cl)C(=O)N(C)C(=O)[C@@]23Cl)cc(Br)c1O. The van der Waals surface area contributed by atoms with E-state index in [9.17, 15) is 29.1 Å². The van der Waals surface area contributed by atoms with E-state index in [2.05, 4.69) is 15.9 Å². The molecule has 0 bridgehead atoms. The molecule has 5 rings (SSSR count). The van der Waals surface area contributed by atoms with Crippen molar-refractivity contribution in [1.82, 2.24) is 9.80 Å². The molecule has 36 heavy (non-hydrogen) atoms. The Morgan fingerprint density at radius 3 is 2.44 bits per heavy atom. The number of likely N-dealkylation sites (tertiary alicyclic amines) is 2. The van der Waals surface area contributed by atoms with Gasteiger partial charge in [-0.25, -0.2) is 4.79 Å². The highest BCUT2D eigenvalue weighted by molar-refractivity contribution is 9.10. The summed E-state index contributed by atoms with van der Waals surface area (Å²) in [5.74, 6) is -6.75. The van der Waals surface area contributed by atoms with Crippen LogP contribution < -0.4 is 10.5 Å². The number of benzene rings is 1. The number of amides is 6. The van der Waals surface area contributed by atoms with Gasteiger partial charge >= 0.3 is 6.03 Å². The van der Waals surface area contributed by atoms with Crippen LogP contribution in [0.4, 0.5) is 4.79 Å². The highest BCUT2D eigenvalue weighted by Crippen LogP contribution is 2.65. The molecule has 0 radical (unpaired) electrons. The molecular formula is C23H20BrCl2N3O7. The molecule has 0 aromatic heterocycles. The topological polar surface area (TPSA) is 147 Å². The zero-order valence-corrected chi connectivity index (χ0v) is 22.1. The quantitative estimate of drug-likeness (QED) is 0.300. The molecule has 1 aromatic carbocycles. The van der Waals surface area contributed by atoms with E-state index < -0.39 is 63.1 Å². The summed E-state index contributed by atoms with van der Waals surface area (Å²) < 4.78 is 5.52. The fraction of sp³-hybridized carbons (Fsp3) is 0.435. The van der Waals surface area contributed by atoms with Crippen LogP contribution >= 0.6 is 39.1 Å². The number of primary amides is 1. The molecule has 6 amide bonds. The lowest BCUT2D eigenvalue weighted by Crippen LogP contribution is -2.60. The number of hydrogen-bond donors (Lipinski definition) is 2. The van der Waals surface area contributed by atoms with Crippen molar-refractivity contribution in [3.8, 4) is 11.5 Å². The van der Waals surface area contributed by atoms with Gasteiger partial charge < -0.3 is 15.6 Å². The van der Waals surface area contributed by atoms with Crippen molar-refractivity contribution in [2.24, 2.45) is 23.5 Å². The summed E-state index contributed by atoms with van der Waals surface area (Å²) in [6.07, 6.45) is 1.60. The van der Waals surface area contributed by atoms with Crippen LogP contribution in [0.2, 0.25) is 0 Å². The maximum absolute atomic E-state index is 13.5. The zero-order chi connectivity index (χ0) is 26.5. The third kappa shape index (κ3) is 2.87. The van der Waals surface area contributed by atoms with Gasteiger partial charge in [0.05, 0.1) is 23.4 Å². The standard InChI is InChI=1S/C23H20BrCl2N3O7/c1-28-19(33)22(25)7-11-9(3-4-10-14(11)18(32)29(17(10)31)21(27)35)15(23(22,26)20(28)34)8-5-12(24)16(30)13(6-8)36-2/h3,5-6,10-11,14-15,30H,4,7H2,1-2H3,(H2,27,35)/t10-,11+,14-,15-,22+,23-/m0/s1. The van der Waals surface area contributed by atoms with Gasteiger partial charge in [0.2, 0.25) is 11.8 Å². The molecule has 3 fully saturated rings. The molecule has 4 aliphatic rings. The molecule has 2 aliphatic heterocycles. The van der Waals surface area contributed by atoms with Crippen LogP contribution in [-0.2, 0) is 19.2 Å². The van der Waals surface area contributed by atoms with Crippen LogP contribution in [0, 0.1) is 17.8 Å². The van der Waals surface area contributed by atoms with E-state index in [4.69, 9.17) is 33.7 Å². The summed E-state index contributed by atoms with van der Waals surface area (Å²) in [6, 6.07) is 1.83. The van der Waals surface area contributed by atoms with Crippen molar-refractivity contribution in [2.45, 2.75) is 28.5 Å². The summed E-state index contributed by atoms with van der Waals surface area (Å²) in [4.78, 5) is 62.2. The second-order valence-corrected chi connectivity index (χ2v) is 11.5. The Bertz CT molecular complexity index is 1320. The number of carbonyl (C=O) groups is 5. The van der Waals surface area contributed by atoms with Crippen molar-refractivity contribution >= 4 is 68.8 Å². The number of nitrogens with zero attached hydrogens (tertiary/aromatic N) is 2. The van der Waals surface area contributed by atoms with E-state index in [1.165, 1.54) is 26.3 Å². The number of aromatic hydroxyl groups is 1. The Morgan fingerprint density at radius 1 is 1.17 bits per heavy atom. The molecule has 3 N–H and O–H groups in total. The van der Waals surface area contributed by atoms with E-state index in [1.54, 1.807) is 6.08 Å². The second-order valence-electron chi connectivity index (χ2n) is 9.40. The van der Waals surface area contributed by atoms with Crippen molar-refractivity contribution in [3.05, 3.63) is 33.8 Å². The van der Waals surface area contributed by atoms with E-state index in [-0.39, 0.29) is 28.8 Å². The fourth-order valence-corrected chi connectivity index (χ4v) is 7.73. The number of urea groups is 1. The smallest absolute Gasteiger partial charge is 0.328 e. The Hall–Kier alpha value is -2.63. The summed E-state index contributed by atoms with van der Waals surface area (Å²) >= 11 is 17.4. The molecule has 6 atom stereocenters. The third-order valence-corrected chi connectivity index (χ3v) is 9.86. The summed E-state index contributed by atoms with van der Waals surface area (Å²) in [6.45, 7) is 0. The predicted molar refractivity (Wildman–Crippen MR) is 129 cm³/mol. The molecule has 2 heterocycles. The van der Waals surface area contributed by atoms with Gasteiger partial charge in [-0.15, -0.1) is 23.2 Å². The molecule has 13 heteroatoms. The van der Waals surface area contributed by atoms with E-state index in [1.807, 2.05) is 0 Å². The minimum Gasteiger partial charge on any atom is -0.503 e. The molecular weight excluding hydrogens is 581 g/mol. The Morgan fingerprint density at radius 2 is 1.83 bits per heavy atom. The molecule has 190 valence electrons. The number of hydrogen-bond acceptors (Lipinski definition) is 7. The molecule has 2 aliphatic carbocycles. The Labute approximate surface area is 223 Å². The van der Waals surface area contributed by atoms with E-state index in [0.717, 1.165) is 4.90 Å². The van der Waals surface area contributed by atoms with Crippen molar-refractivity contribution in [3.63, 3.8) is 0 Å². The van der Waals surface area contributed by atoms with E-state index in [0.29, 0.717) is 16.0 Å². The number of rotatable bonds is 2. The molecule has 1 aromatic rings. The average molecular weight is 601 g/mol. The van der Waals surface area contributed by atoms with Crippen molar-refractivity contribution < 1.29 is 33.8 Å². The minimum atomic E-state index is -1.98. The van der Waals surface area contributed by atoms with Crippen LogP contribution in [0.15, 0.2) is 28.3 Å². The van der Waals surface area contributed by atoms with Gasteiger partial charge in [-0.05, 0) is 52.4 Å². The molecule has 10 nitrogen and oxygen atoms in total. The number of allylic oxidation sites excluding steroid dienone is 2. The number of imide groups is 4. The number of halogens is 3. The van der Waals surface area contributed by atoms with Crippen LogP contribution in [0.1, 0.15) is 24.3 Å². The van der Waals surface area contributed by atoms with E-state index >= 15 is 0 Å². The fourth-order valence-electron chi connectivity index (χ4n) is 6.25. The number of phenolic OH excluding ortho intramolecular Hbond substituents is 1. The van der Waals surface area contributed by atoms with Gasteiger partial charge in [0.1, 0.15) is 0 Å². The number of nitrogens with two attached hydrogens (primary N) is 1.